The average molecular weight is 573 g/mol. The molecule has 2 aliphatic heterocycles. The number of piperidine rings is 1. The van der Waals surface area contributed by atoms with Gasteiger partial charge in [0.15, 0.2) is 11.5 Å². The van der Waals surface area contributed by atoms with E-state index >= 15 is 0 Å². The van der Waals surface area contributed by atoms with Gasteiger partial charge in [0.25, 0.3) is 0 Å². The van der Waals surface area contributed by atoms with Crippen LogP contribution in [0.2, 0.25) is 0 Å². The number of benzene rings is 1. The Kier molecular flexibility index (Phi) is 8.13. The molecule has 2 unspecified atom stereocenters. The molecule has 1 saturated carbocycles. The Morgan fingerprint density at radius 3 is 2.56 bits per heavy atom. The van der Waals surface area contributed by atoms with E-state index in [2.05, 4.69) is 10.2 Å². The fourth-order valence-corrected chi connectivity index (χ4v) is 7.55. The average Bonchev–Trinajstić information content (AvgIpc) is 3.24. The summed E-state index contributed by atoms with van der Waals surface area (Å²) in [6.45, 7) is 8.91. The van der Waals surface area contributed by atoms with E-state index in [9.17, 15) is 29.7 Å². The van der Waals surface area contributed by atoms with Crippen molar-refractivity contribution in [1.29, 1.82) is 0 Å². The second-order valence-electron chi connectivity index (χ2n) is 12.9. The summed E-state index contributed by atoms with van der Waals surface area (Å²) < 4.78 is 12.2. The number of aliphatic hydroxyl groups is 2. The molecule has 2 heterocycles. The number of fused-ring (bicyclic) bond motifs is 1. The molecule has 2 bridgehead atoms. The molecular weight excluding hydrogens is 528 g/mol. The smallest absolute Gasteiger partial charge is 0.326 e. The van der Waals surface area contributed by atoms with Gasteiger partial charge < -0.3 is 30.1 Å². The van der Waals surface area contributed by atoms with Crippen molar-refractivity contribution in [2.45, 2.75) is 114 Å². The molecule has 4 aliphatic rings. The third kappa shape index (κ3) is 5.02. The number of carbonyl (C=O) groups excluding carboxylic acids is 2. The fourth-order valence-electron chi connectivity index (χ4n) is 7.55. The molecule has 10 heteroatoms. The summed E-state index contributed by atoms with van der Waals surface area (Å²) in [4.78, 5) is 39.0. The van der Waals surface area contributed by atoms with Gasteiger partial charge in [0.1, 0.15) is 12.1 Å². The largest absolute Gasteiger partial charge is 0.482 e. The first-order valence-electron chi connectivity index (χ1n) is 15.1. The number of amides is 1. The molecule has 4 N–H and O–H groups in total. The van der Waals surface area contributed by atoms with Gasteiger partial charge in [-0.3, -0.25) is 14.5 Å². The highest BCUT2D eigenvalue weighted by atomic mass is 16.6. The van der Waals surface area contributed by atoms with Crippen LogP contribution in [0.4, 0.5) is 0 Å². The monoisotopic (exact) mass is 572 g/mol. The van der Waals surface area contributed by atoms with Crippen LogP contribution in [0.5, 0.6) is 11.5 Å². The number of ether oxygens (including phenoxy) is 2. The second kappa shape index (κ2) is 11.2. The number of carboxylic acids is 1. The first kappa shape index (κ1) is 29.8. The van der Waals surface area contributed by atoms with Crippen LogP contribution in [-0.2, 0) is 26.2 Å². The van der Waals surface area contributed by atoms with Crippen molar-refractivity contribution in [2.24, 2.45) is 11.8 Å². The Labute approximate surface area is 241 Å². The molecule has 2 fully saturated rings. The van der Waals surface area contributed by atoms with E-state index in [0.717, 1.165) is 24.2 Å². The van der Waals surface area contributed by atoms with E-state index in [-0.39, 0.29) is 30.6 Å². The number of esters is 1. The second-order valence-corrected chi connectivity index (χ2v) is 12.9. The van der Waals surface area contributed by atoms with E-state index in [1.165, 1.54) is 19.3 Å². The summed E-state index contributed by atoms with van der Waals surface area (Å²) in [6, 6.07) is 2.48. The number of hydrogen-bond acceptors (Lipinski definition) is 8. The number of likely N-dealkylation sites (tertiary alicyclic amines) is 1. The molecule has 1 saturated heterocycles. The number of aliphatic hydroxyl groups excluding tert-OH is 1. The van der Waals surface area contributed by atoms with E-state index in [0.29, 0.717) is 30.9 Å². The van der Waals surface area contributed by atoms with Gasteiger partial charge in [-0.25, -0.2) is 4.79 Å². The van der Waals surface area contributed by atoms with Crippen molar-refractivity contribution in [3.8, 4) is 11.5 Å². The highest BCUT2D eigenvalue weighted by molar-refractivity contribution is 5.86. The number of carboxylic acid groups (broad SMARTS) is 1. The minimum atomic E-state index is -1.17. The van der Waals surface area contributed by atoms with Crippen LogP contribution >= 0.6 is 0 Å². The molecule has 0 aromatic heterocycles. The maximum Gasteiger partial charge on any atom is 0.326 e. The van der Waals surface area contributed by atoms with Gasteiger partial charge in [0.2, 0.25) is 5.91 Å². The van der Waals surface area contributed by atoms with Crippen molar-refractivity contribution >= 4 is 17.8 Å². The maximum absolute atomic E-state index is 12.8. The number of hydrogen-bond donors (Lipinski definition) is 4. The molecular formula is C31H44N2O8. The maximum atomic E-state index is 12.8. The summed E-state index contributed by atoms with van der Waals surface area (Å²) >= 11 is 0. The Morgan fingerprint density at radius 2 is 1.95 bits per heavy atom. The molecule has 1 amide bonds. The lowest BCUT2D eigenvalue weighted by Gasteiger charge is -2.60. The number of nitrogens with zero attached hydrogens (tertiary/aromatic N) is 1. The van der Waals surface area contributed by atoms with Crippen molar-refractivity contribution in [3.63, 3.8) is 0 Å². The van der Waals surface area contributed by atoms with Gasteiger partial charge >= 0.3 is 11.9 Å². The SMILES string of the molecule is CC[C@H](O)[C@@H]1Oc2c(OC(=O)CCC(=O)NC(C(=O)O)C(C)C)ccc3c2[C@@]12CCN(CC1CCC1)[C@H](C3)C2(C)O. The van der Waals surface area contributed by atoms with Crippen LogP contribution in [0.3, 0.4) is 0 Å². The molecule has 2 aliphatic carbocycles. The predicted molar refractivity (Wildman–Crippen MR) is 150 cm³/mol. The van der Waals surface area contributed by atoms with Gasteiger partial charge in [0.05, 0.1) is 23.5 Å². The van der Waals surface area contributed by atoms with Gasteiger partial charge in [0, 0.05) is 24.6 Å². The standard InChI is InChI=1S/C31H44N2O8/c1-5-20(34)28-31-13-14-33(16-18-7-6-8-18)22(30(31,4)39)15-19-9-10-21(27(41-28)25(19)31)40-24(36)12-11-23(35)32-26(17(2)3)29(37)38/h9-10,17-18,20,22,26,28,34,39H,5-8,11-16H2,1-4H3,(H,32,35)(H,37,38)/t20-,22+,26?,28-,30?,31-/m0/s1. The number of rotatable bonds is 11. The Hall–Kier alpha value is -2.69. The molecule has 1 spiro atoms. The first-order chi connectivity index (χ1) is 19.4. The van der Waals surface area contributed by atoms with Crippen molar-refractivity contribution in [2.75, 3.05) is 13.1 Å². The summed E-state index contributed by atoms with van der Waals surface area (Å²) in [5.74, 6) is -1.38. The normalized spacial score (nSPS) is 30.1. The zero-order valence-corrected chi connectivity index (χ0v) is 24.5. The van der Waals surface area contributed by atoms with Gasteiger partial charge in [-0.15, -0.1) is 0 Å². The minimum Gasteiger partial charge on any atom is -0.482 e. The zero-order chi connectivity index (χ0) is 29.7. The molecule has 5 rings (SSSR count). The van der Waals surface area contributed by atoms with Crippen molar-refractivity contribution in [1.82, 2.24) is 10.2 Å². The van der Waals surface area contributed by atoms with E-state index in [1.54, 1.807) is 19.9 Å². The van der Waals surface area contributed by atoms with Crippen LogP contribution in [0, 0.1) is 11.8 Å². The van der Waals surface area contributed by atoms with E-state index in [1.807, 2.05) is 19.9 Å². The Bertz CT molecular complexity index is 1190. The third-order valence-electron chi connectivity index (χ3n) is 10.1. The van der Waals surface area contributed by atoms with Gasteiger partial charge in [-0.2, -0.15) is 0 Å². The minimum absolute atomic E-state index is 0.113. The van der Waals surface area contributed by atoms with E-state index in [4.69, 9.17) is 9.47 Å². The highest BCUT2D eigenvalue weighted by Crippen LogP contribution is 2.62. The van der Waals surface area contributed by atoms with E-state index < -0.39 is 47.1 Å². The molecule has 1 aromatic rings. The summed E-state index contributed by atoms with van der Waals surface area (Å²) in [6.07, 6.45) is 3.44. The van der Waals surface area contributed by atoms with Crippen LogP contribution in [0.1, 0.15) is 83.8 Å². The number of carbonyl (C=O) groups is 3. The molecule has 6 atom stereocenters. The van der Waals surface area contributed by atoms with Crippen LogP contribution in [0.15, 0.2) is 12.1 Å². The third-order valence-corrected chi connectivity index (χ3v) is 10.1. The molecule has 226 valence electrons. The fraction of sp³-hybridized carbons (Fsp3) is 0.710. The molecule has 1 aromatic carbocycles. The molecule has 0 radical (unpaired) electrons. The Morgan fingerprint density at radius 1 is 1.22 bits per heavy atom. The molecule has 10 nitrogen and oxygen atoms in total. The highest BCUT2D eigenvalue weighted by Gasteiger charge is 2.69. The summed E-state index contributed by atoms with van der Waals surface area (Å²) in [7, 11) is 0. The lowest BCUT2D eigenvalue weighted by atomic mass is 9.52. The number of aliphatic carboxylic acids is 1. The number of nitrogens with one attached hydrogen (secondary N) is 1. The van der Waals surface area contributed by atoms with Crippen LogP contribution < -0.4 is 14.8 Å². The zero-order valence-electron chi connectivity index (χ0n) is 24.5. The van der Waals surface area contributed by atoms with Crippen LogP contribution in [-0.4, -0.2) is 81.0 Å². The van der Waals surface area contributed by atoms with Gasteiger partial charge in [-0.1, -0.05) is 33.3 Å². The van der Waals surface area contributed by atoms with Crippen molar-refractivity contribution in [3.05, 3.63) is 23.3 Å². The van der Waals surface area contributed by atoms with Crippen molar-refractivity contribution < 1.29 is 39.2 Å². The predicted octanol–water partition coefficient (Wildman–Crippen LogP) is 2.55. The summed E-state index contributed by atoms with van der Waals surface area (Å²) in [5, 5.41) is 35.2. The van der Waals surface area contributed by atoms with Gasteiger partial charge in [-0.05, 0) is 69.0 Å². The lowest BCUT2D eigenvalue weighted by molar-refractivity contribution is -0.172. The summed E-state index contributed by atoms with van der Waals surface area (Å²) in [5.41, 5.74) is -0.166. The quantitative estimate of drug-likeness (QED) is 0.232. The van der Waals surface area contributed by atoms with Crippen LogP contribution in [0.25, 0.3) is 0 Å². The topological polar surface area (TPSA) is 146 Å². The molecule has 41 heavy (non-hydrogen) atoms. The lowest BCUT2D eigenvalue weighted by Crippen LogP contribution is -2.74. The first-order valence-corrected chi connectivity index (χ1v) is 15.1. The Balaban J connectivity index is 1.38.